The van der Waals surface area contributed by atoms with Gasteiger partial charge in [0.1, 0.15) is 5.60 Å². The van der Waals surface area contributed by atoms with Gasteiger partial charge in [-0.15, -0.1) is 0 Å². The van der Waals surface area contributed by atoms with Crippen molar-refractivity contribution in [1.82, 2.24) is 5.32 Å². The van der Waals surface area contributed by atoms with E-state index in [2.05, 4.69) is 5.32 Å². The van der Waals surface area contributed by atoms with Gasteiger partial charge < -0.3 is 10.1 Å². The lowest BCUT2D eigenvalue weighted by Crippen LogP contribution is -2.36. The second kappa shape index (κ2) is 5.55. The van der Waals surface area contributed by atoms with Crippen molar-refractivity contribution in [2.45, 2.75) is 52.1 Å². The van der Waals surface area contributed by atoms with Crippen molar-refractivity contribution in [2.75, 3.05) is 6.54 Å². The highest BCUT2D eigenvalue weighted by molar-refractivity contribution is 5.67. The molecule has 0 bridgehead atoms. The molecule has 1 amide bonds. The van der Waals surface area contributed by atoms with Gasteiger partial charge in [0.2, 0.25) is 0 Å². The van der Waals surface area contributed by atoms with Crippen molar-refractivity contribution in [3.8, 4) is 0 Å². The minimum absolute atomic E-state index is 0.317. The first-order chi connectivity index (χ1) is 7.37. The summed E-state index contributed by atoms with van der Waals surface area (Å²) in [5.74, 6) is 0.921. The molecule has 0 aromatic carbocycles. The van der Waals surface area contributed by atoms with Gasteiger partial charge in [-0.1, -0.05) is 0 Å². The van der Waals surface area contributed by atoms with Crippen LogP contribution in [0.25, 0.3) is 0 Å². The molecule has 0 atom stereocenters. The molecule has 1 aliphatic carbocycles. The van der Waals surface area contributed by atoms with E-state index in [1.54, 1.807) is 0 Å². The van der Waals surface area contributed by atoms with Gasteiger partial charge in [0.05, 0.1) is 0 Å². The molecule has 1 N–H and O–H groups in total. The van der Waals surface area contributed by atoms with Crippen molar-refractivity contribution >= 4 is 6.09 Å². The summed E-state index contributed by atoms with van der Waals surface area (Å²) >= 11 is 0. The standard InChI is InChI=1S/C13H23NO2/c1-10-5-7-11(8-6-10)9-14-12(15)16-13(2,3)4/h1,10-11H,5-9H2,2-4H3,(H,14,15). The molecule has 16 heavy (non-hydrogen) atoms. The Labute approximate surface area is 98.9 Å². The first-order valence-electron chi connectivity index (χ1n) is 6.09. The molecule has 92 valence electrons. The molecular weight excluding hydrogens is 202 g/mol. The maximum absolute atomic E-state index is 11.4. The topological polar surface area (TPSA) is 38.3 Å². The third-order valence-electron chi connectivity index (χ3n) is 2.83. The number of hydrogen-bond acceptors (Lipinski definition) is 2. The van der Waals surface area contributed by atoms with Gasteiger partial charge in [-0.05, 0) is 65.2 Å². The fourth-order valence-electron chi connectivity index (χ4n) is 1.93. The third-order valence-corrected chi connectivity index (χ3v) is 2.83. The Balaban J connectivity index is 2.17. The van der Waals surface area contributed by atoms with Crippen LogP contribution < -0.4 is 5.32 Å². The molecule has 0 aromatic rings. The molecule has 0 aromatic heterocycles. The van der Waals surface area contributed by atoms with Crippen LogP contribution in [0.1, 0.15) is 46.5 Å². The van der Waals surface area contributed by atoms with Gasteiger partial charge in [0.25, 0.3) is 0 Å². The van der Waals surface area contributed by atoms with Crippen molar-refractivity contribution in [2.24, 2.45) is 11.8 Å². The van der Waals surface area contributed by atoms with Gasteiger partial charge in [-0.2, -0.15) is 0 Å². The van der Waals surface area contributed by atoms with Crippen molar-refractivity contribution in [3.05, 3.63) is 6.92 Å². The highest BCUT2D eigenvalue weighted by atomic mass is 16.6. The summed E-state index contributed by atoms with van der Waals surface area (Å²) in [5, 5.41) is 2.82. The molecule has 0 unspecified atom stereocenters. The zero-order valence-electron chi connectivity index (χ0n) is 10.6. The van der Waals surface area contributed by atoms with E-state index in [4.69, 9.17) is 11.7 Å². The Hall–Kier alpha value is -0.730. The van der Waals surface area contributed by atoms with E-state index in [9.17, 15) is 4.79 Å². The molecule has 3 heteroatoms. The minimum atomic E-state index is -0.418. The van der Waals surface area contributed by atoms with E-state index in [0.717, 1.165) is 25.7 Å². The molecule has 0 spiro atoms. The number of ether oxygens (including phenoxy) is 1. The van der Waals surface area contributed by atoms with Gasteiger partial charge in [0.15, 0.2) is 0 Å². The summed E-state index contributed by atoms with van der Waals surface area (Å²) < 4.78 is 5.18. The lowest BCUT2D eigenvalue weighted by atomic mass is 9.83. The molecule has 3 nitrogen and oxygen atoms in total. The van der Waals surface area contributed by atoms with Crippen LogP contribution in [0.5, 0.6) is 0 Å². The van der Waals surface area contributed by atoms with Crippen LogP contribution >= 0.6 is 0 Å². The maximum atomic E-state index is 11.4. The smallest absolute Gasteiger partial charge is 0.407 e. The Morgan fingerprint density at radius 2 is 1.88 bits per heavy atom. The minimum Gasteiger partial charge on any atom is -0.444 e. The number of amides is 1. The predicted molar refractivity (Wildman–Crippen MR) is 64.0 cm³/mol. The molecular formula is C13H23NO2. The summed E-state index contributed by atoms with van der Waals surface area (Å²) in [5.41, 5.74) is -0.418. The van der Waals surface area contributed by atoms with Crippen LogP contribution in [-0.2, 0) is 4.74 Å². The van der Waals surface area contributed by atoms with Gasteiger partial charge in [-0.3, -0.25) is 0 Å². The maximum Gasteiger partial charge on any atom is 0.407 e. The Morgan fingerprint density at radius 1 is 1.31 bits per heavy atom. The number of hydrogen-bond donors (Lipinski definition) is 1. The monoisotopic (exact) mass is 225 g/mol. The zero-order valence-corrected chi connectivity index (χ0v) is 10.6. The second-order valence-corrected chi connectivity index (χ2v) is 5.66. The summed E-state index contributed by atoms with van der Waals surface area (Å²) in [6.07, 6.45) is 4.04. The van der Waals surface area contributed by atoms with Crippen LogP contribution in [0.4, 0.5) is 4.79 Å². The highest BCUT2D eigenvalue weighted by Gasteiger charge is 2.20. The van der Waals surface area contributed by atoms with E-state index >= 15 is 0 Å². The number of alkyl carbamates (subject to hydrolysis) is 1. The van der Waals surface area contributed by atoms with Crippen molar-refractivity contribution in [3.63, 3.8) is 0 Å². The zero-order chi connectivity index (χ0) is 12.2. The summed E-state index contributed by atoms with van der Waals surface area (Å²) in [4.78, 5) is 11.4. The number of carbonyl (C=O) groups is 1. The highest BCUT2D eigenvalue weighted by Crippen LogP contribution is 2.27. The van der Waals surface area contributed by atoms with Gasteiger partial charge >= 0.3 is 6.09 Å². The van der Waals surface area contributed by atoms with Crippen molar-refractivity contribution in [1.29, 1.82) is 0 Å². The van der Waals surface area contributed by atoms with E-state index < -0.39 is 5.60 Å². The second-order valence-electron chi connectivity index (χ2n) is 5.66. The van der Waals surface area contributed by atoms with E-state index in [1.165, 1.54) is 0 Å². The molecule has 1 saturated carbocycles. The lowest BCUT2D eigenvalue weighted by Gasteiger charge is -2.26. The number of rotatable bonds is 2. The van der Waals surface area contributed by atoms with E-state index in [-0.39, 0.29) is 6.09 Å². The number of carbonyl (C=O) groups excluding carboxylic acids is 1. The quantitative estimate of drug-likeness (QED) is 0.784. The Morgan fingerprint density at radius 3 is 2.38 bits per heavy atom. The molecule has 0 saturated heterocycles. The first kappa shape index (κ1) is 13.3. The van der Waals surface area contributed by atoms with Crippen LogP contribution in [0.2, 0.25) is 0 Å². The van der Waals surface area contributed by atoms with Crippen LogP contribution in [0, 0.1) is 18.8 Å². The predicted octanol–water partition coefficient (Wildman–Crippen LogP) is 3.03. The third kappa shape index (κ3) is 5.38. The van der Waals surface area contributed by atoms with E-state index in [0.29, 0.717) is 18.4 Å². The van der Waals surface area contributed by atoms with Crippen LogP contribution in [0.15, 0.2) is 0 Å². The molecule has 0 heterocycles. The average Bonchev–Trinajstić information content (AvgIpc) is 2.14. The van der Waals surface area contributed by atoms with Crippen LogP contribution in [-0.4, -0.2) is 18.2 Å². The molecule has 2 radical (unpaired) electrons. The van der Waals surface area contributed by atoms with Crippen LogP contribution in [0.3, 0.4) is 0 Å². The SMILES string of the molecule is [CH]C1CCC(CNC(=O)OC(C)(C)C)CC1. The molecule has 1 fully saturated rings. The van der Waals surface area contributed by atoms with Crippen molar-refractivity contribution < 1.29 is 9.53 Å². The Kier molecular flexibility index (Phi) is 4.63. The first-order valence-corrected chi connectivity index (χ1v) is 6.09. The summed E-state index contributed by atoms with van der Waals surface area (Å²) in [7, 11) is 0. The van der Waals surface area contributed by atoms with Gasteiger partial charge in [0, 0.05) is 6.54 Å². The summed E-state index contributed by atoms with van der Waals surface area (Å²) in [6, 6.07) is 0. The summed E-state index contributed by atoms with van der Waals surface area (Å²) in [6.45, 7) is 12.1. The average molecular weight is 225 g/mol. The van der Waals surface area contributed by atoms with E-state index in [1.807, 2.05) is 20.8 Å². The fourth-order valence-corrected chi connectivity index (χ4v) is 1.93. The molecule has 1 aliphatic rings. The molecule has 0 aliphatic heterocycles. The van der Waals surface area contributed by atoms with Gasteiger partial charge in [-0.25, -0.2) is 4.79 Å². The lowest BCUT2D eigenvalue weighted by molar-refractivity contribution is 0.0514. The number of nitrogens with one attached hydrogen (secondary N) is 1. The molecule has 1 rings (SSSR count). The Bertz CT molecular complexity index is 225. The largest absolute Gasteiger partial charge is 0.444 e. The normalized spacial score (nSPS) is 26.2. The fraction of sp³-hybridized carbons (Fsp3) is 0.846.